The van der Waals surface area contributed by atoms with Crippen molar-refractivity contribution in [3.05, 3.63) is 111 Å². The van der Waals surface area contributed by atoms with Gasteiger partial charge in [0.2, 0.25) is 17.6 Å². The van der Waals surface area contributed by atoms with Gasteiger partial charge < -0.3 is 31.1 Å². The van der Waals surface area contributed by atoms with Crippen molar-refractivity contribution in [1.82, 2.24) is 10.6 Å². The highest BCUT2D eigenvalue weighted by Crippen LogP contribution is 2.39. The van der Waals surface area contributed by atoms with Crippen LogP contribution >= 0.6 is 11.8 Å². The molecule has 12 heteroatoms. The number of phenols is 1. The van der Waals surface area contributed by atoms with E-state index >= 15 is 0 Å². The molecule has 2 aliphatic heterocycles. The fraction of sp³-hybridized carbons (Fsp3) is 0.419. The van der Waals surface area contributed by atoms with E-state index < -0.39 is 47.6 Å². The third-order valence-corrected chi connectivity index (χ3v) is 10.7. The first kappa shape index (κ1) is 44.8. The number of nitrogens with one attached hydrogen (secondary N) is 2. The molecule has 11 nitrogen and oxygen atoms in total. The van der Waals surface area contributed by atoms with Crippen molar-refractivity contribution in [2.24, 2.45) is 17.8 Å². The lowest BCUT2D eigenvalue weighted by molar-refractivity contribution is -0.119. The second-order valence-corrected chi connectivity index (χ2v) is 15.4. The number of allylic oxidation sites excluding steroid dienone is 8. The zero-order chi connectivity index (χ0) is 41.0. The molecule has 55 heavy (non-hydrogen) atoms. The predicted molar refractivity (Wildman–Crippen MR) is 215 cm³/mol. The average molecular weight is 775 g/mol. The number of Topliss-reactive ketones (excluding diaryl/α,β-unsaturated/α-hetero) is 3. The summed E-state index contributed by atoms with van der Waals surface area (Å²) in [5.74, 6) is -3.35. The molecule has 0 saturated heterocycles. The van der Waals surface area contributed by atoms with Crippen LogP contribution in [0.2, 0.25) is 0 Å². The minimum atomic E-state index is -0.954. The van der Waals surface area contributed by atoms with Crippen LogP contribution in [0.25, 0.3) is 0 Å². The smallest absolute Gasteiger partial charge is 0.248 e. The van der Waals surface area contributed by atoms with Crippen LogP contribution in [-0.4, -0.2) is 80.2 Å². The van der Waals surface area contributed by atoms with Crippen LogP contribution in [0.15, 0.2) is 88.6 Å². The van der Waals surface area contributed by atoms with Gasteiger partial charge in [0.05, 0.1) is 29.6 Å². The molecule has 0 radical (unpaired) electrons. The van der Waals surface area contributed by atoms with Crippen LogP contribution in [0.5, 0.6) is 5.75 Å². The van der Waals surface area contributed by atoms with Crippen LogP contribution in [0.1, 0.15) is 86.2 Å². The Morgan fingerprint density at radius 2 is 1.58 bits per heavy atom. The van der Waals surface area contributed by atoms with Gasteiger partial charge in [-0.2, -0.15) is 0 Å². The number of ketones is 3. The summed E-state index contributed by atoms with van der Waals surface area (Å²) < 4.78 is 0. The summed E-state index contributed by atoms with van der Waals surface area (Å²) in [7, 11) is 0. The largest absolute Gasteiger partial charge is 0.507 e. The van der Waals surface area contributed by atoms with E-state index in [-0.39, 0.29) is 71.6 Å². The summed E-state index contributed by atoms with van der Waals surface area (Å²) in [6.45, 7) is 11.7. The number of benzene rings is 1. The van der Waals surface area contributed by atoms with E-state index in [1.165, 1.54) is 36.9 Å². The van der Waals surface area contributed by atoms with Crippen LogP contribution in [0, 0.1) is 24.7 Å². The Labute approximate surface area is 327 Å². The van der Waals surface area contributed by atoms with Gasteiger partial charge in [0, 0.05) is 66.4 Å². The van der Waals surface area contributed by atoms with Crippen LogP contribution in [0.3, 0.4) is 0 Å². The predicted octanol–water partition coefficient (Wildman–Crippen LogP) is 5.29. The lowest BCUT2D eigenvalue weighted by atomic mass is 9.83. The van der Waals surface area contributed by atoms with Gasteiger partial charge in [0.15, 0.2) is 11.6 Å². The lowest BCUT2D eigenvalue weighted by Crippen LogP contribution is -2.32. The van der Waals surface area contributed by atoms with Crippen molar-refractivity contribution in [3.63, 3.8) is 0 Å². The number of carbonyl (C=O) groups excluding carboxylic acids is 5. The molecule has 1 aromatic rings. The molecule has 0 spiro atoms. The monoisotopic (exact) mass is 774 g/mol. The second kappa shape index (κ2) is 20.9. The number of thioether (sulfide) groups is 1. The normalized spacial score (nSPS) is 29.4. The molecular formula is C43H54N2O9S. The maximum absolute atomic E-state index is 14.1. The van der Waals surface area contributed by atoms with Gasteiger partial charge in [-0.15, -0.1) is 11.8 Å². The number of aliphatic hydroxyl groups excluding tert-OH is 3. The van der Waals surface area contributed by atoms with Crippen molar-refractivity contribution in [3.8, 4) is 5.75 Å². The molecule has 0 aromatic heterocycles. The second-order valence-electron chi connectivity index (χ2n) is 14.2. The van der Waals surface area contributed by atoms with Gasteiger partial charge in [0.25, 0.3) is 0 Å². The Morgan fingerprint density at radius 1 is 0.891 bits per heavy atom. The summed E-state index contributed by atoms with van der Waals surface area (Å²) in [6.07, 6.45) is 13.1. The quantitative estimate of drug-likeness (QED) is 0.173. The summed E-state index contributed by atoms with van der Waals surface area (Å²) in [5, 5.41) is 49.0. The van der Waals surface area contributed by atoms with E-state index in [1.54, 1.807) is 90.2 Å². The van der Waals surface area contributed by atoms with E-state index in [9.17, 15) is 44.4 Å². The number of hydrogen-bond acceptors (Lipinski definition) is 10. The number of aryl methyl sites for hydroxylation is 1. The zero-order valence-corrected chi connectivity index (χ0v) is 33.4. The van der Waals surface area contributed by atoms with E-state index in [0.717, 1.165) is 0 Å². The van der Waals surface area contributed by atoms with Crippen LogP contribution in [-0.2, 0) is 20.8 Å². The van der Waals surface area contributed by atoms with Crippen molar-refractivity contribution in [2.75, 3.05) is 12.3 Å². The fourth-order valence-corrected chi connectivity index (χ4v) is 7.12. The molecule has 1 aromatic carbocycles. The Kier molecular flexibility index (Phi) is 17.0. The molecule has 2 heterocycles. The molecule has 6 atom stereocenters. The highest BCUT2D eigenvalue weighted by atomic mass is 32.2. The molecule has 4 bridgehead atoms. The molecule has 0 unspecified atom stereocenters. The van der Waals surface area contributed by atoms with E-state index in [2.05, 4.69) is 10.6 Å². The Hall–Kier alpha value is -4.62. The number of rotatable bonds is 4. The van der Waals surface area contributed by atoms with Gasteiger partial charge in [0.1, 0.15) is 5.75 Å². The Bertz CT molecular complexity index is 1870. The topological polar surface area (TPSA) is 190 Å². The number of fused-ring (bicyclic) bond motifs is 18. The highest BCUT2D eigenvalue weighted by molar-refractivity contribution is 8.03. The molecule has 4 rings (SSSR count). The Morgan fingerprint density at radius 3 is 2.27 bits per heavy atom. The minimum absolute atomic E-state index is 0.0323. The van der Waals surface area contributed by atoms with Gasteiger partial charge >= 0.3 is 0 Å². The fourth-order valence-electron chi connectivity index (χ4n) is 6.13. The average Bonchev–Trinajstić information content (AvgIpc) is 3.13. The third-order valence-electron chi connectivity index (χ3n) is 9.60. The number of carbonyl (C=O) groups is 5. The van der Waals surface area contributed by atoms with Gasteiger partial charge in [-0.05, 0) is 55.5 Å². The molecule has 2 amide bonds. The summed E-state index contributed by atoms with van der Waals surface area (Å²) in [6, 6.07) is 1.50. The standard InChI is InChI=1S/C43H54N2O9S/c1-24-12-10-8-9-11-13-37(50)45-39-36(55-19-18-44-30(7)46)22-32-33(43(39)54)21-29(6)42(53)38(32)41(52)28(5)20-27(4)40(51)26(3)15-17-31(47)16-14-25(2)35(49)23-34(24)48/h8-15,17,20-21,24,26-27,31,34,40,47-48,51,53H,16,18-19,22-23H2,1-7H3,(H,44,46)(H,45,50)/b9-8+,12-10-,13-11-,17-15-,25-14-,28-20+/t24-,26-,27-,31-,34-,40-/m0/s1. The summed E-state index contributed by atoms with van der Waals surface area (Å²) in [5.41, 5.74) is 1.42. The van der Waals surface area contributed by atoms with Crippen LogP contribution in [0.4, 0.5) is 0 Å². The number of hydrogen-bond donors (Lipinski definition) is 6. The molecule has 6 N–H and O–H groups in total. The van der Waals surface area contributed by atoms with E-state index in [1.807, 2.05) is 0 Å². The van der Waals surface area contributed by atoms with Crippen molar-refractivity contribution in [1.29, 1.82) is 0 Å². The van der Waals surface area contributed by atoms with Gasteiger partial charge in [-0.3, -0.25) is 24.0 Å². The lowest BCUT2D eigenvalue weighted by Gasteiger charge is -2.26. The Balaban J connectivity index is 2.08. The number of amides is 2. The van der Waals surface area contributed by atoms with E-state index in [4.69, 9.17) is 0 Å². The number of phenolic OH excluding ortho intramolecular Hbond substituents is 1. The van der Waals surface area contributed by atoms with Crippen LogP contribution < -0.4 is 10.6 Å². The maximum Gasteiger partial charge on any atom is 0.248 e. The van der Waals surface area contributed by atoms with Gasteiger partial charge in [-0.1, -0.05) is 75.5 Å². The molecule has 296 valence electrons. The van der Waals surface area contributed by atoms with Crippen molar-refractivity contribution < 1.29 is 44.4 Å². The van der Waals surface area contributed by atoms with Gasteiger partial charge in [-0.25, -0.2) is 0 Å². The minimum Gasteiger partial charge on any atom is -0.507 e. The van der Waals surface area contributed by atoms with E-state index in [0.29, 0.717) is 27.4 Å². The molecule has 1 aliphatic carbocycles. The van der Waals surface area contributed by atoms with Crippen molar-refractivity contribution in [2.45, 2.75) is 86.0 Å². The SMILES string of the molecule is CC(=O)NCCSC1=C2NC(=O)\C=C/C=C/C=C\[C@H](C)[C@@H](O)CC(=O)/C(C)=C\C[C@H](O)/C=C\[C@H](C)[C@H](O)[C@@H](C)/C=C(\C)C(=O)c3c(O)c(C)cc(c3C1)C2=O. The maximum atomic E-state index is 14.1. The first-order valence-corrected chi connectivity index (χ1v) is 19.4. The third kappa shape index (κ3) is 12.7. The molecule has 0 fully saturated rings. The highest BCUT2D eigenvalue weighted by Gasteiger charge is 2.33. The first-order valence-electron chi connectivity index (χ1n) is 18.4. The zero-order valence-electron chi connectivity index (χ0n) is 32.6. The van der Waals surface area contributed by atoms with Crippen molar-refractivity contribution >= 4 is 40.9 Å². The molecule has 3 aliphatic rings. The first-order chi connectivity index (χ1) is 25.9. The summed E-state index contributed by atoms with van der Waals surface area (Å²) in [4.78, 5) is 66.0. The summed E-state index contributed by atoms with van der Waals surface area (Å²) >= 11 is 1.24. The number of aliphatic hydroxyl groups is 3. The molecule has 0 saturated carbocycles. The number of aromatic hydroxyl groups is 1. The molecular weight excluding hydrogens is 721 g/mol.